The second-order valence-electron chi connectivity index (χ2n) is 6.65. The van der Waals surface area contributed by atoms with Gasteiger partial charge in [0.25, 0.3) is 0 Å². The molecule has 0 saturated heterocycles. The summed E-state index contributed by atoms with van der Waals surface area (Å²) in [6.07, 6.45) is 10.1. The van der Waals surface area contributed by atoms with E-state index < -0.39 is 0 Å². The molecular weight excluding hydrogens is 455 g/mol. The van der Waals surface area contributed by atoms with Gasteiger partial charge >= 0.3 is 0 Å². The summed E-state index contributed by atoms with van der Waals surface area (Å²) in [6, 6.07) is 5.86. The fourth-order valence-corrected chi connectivity index (χ4v) is 3.29. The summed E-state index contributed by atoms with van der Waals surface area (Å²) in [7, 11) is 0. The minimum absolute atomic E-state index is 0. The van der Waals surface area contributed by atoms with Crippen LogP contribution in [0, 0.1) is 0 Å². The van der Waals surface area contributed by atoms with Crippen molar-refractivity contribution in [1.82, 2.24) is 25.2 Å². The molecule has 1 aliphatic carbocycles. The Balaban J connectivity index is 0.00000261. The number of guanidine groups is 1. The second-order valence-corrected chi connectivity index (χ2v) is 6.65. The molecule has 1 saturated carbocycles. The van der Waals surface area contributed by atoms with Crippen molar-refractivity contribution in [2.24, 2.45) is 4.99 Å². The predicted molar refractivity (Wildman–Crippen MR) is 119 cm³/mol. The fraction of sp³-hybridized carbons (Fsp3) is 0.632. The molecule has 0 spiro atoms. The molecule has 150 valence electrons. The molecule has 0 aromatic carbocycles. The van der Waals surface area contributed by atoms with Crippen LogP contribution >= 0.6 is 24.0 Å². The molecular formula is C19H31IN6O. The first-order valence-electron chi connectivity index (χ1n) is 9.79. The molecule has 7 nitrogen and oxygen atoms in total. The summed E-state index contributed by atoms with van der Waals surface area (Å²) >= 11 is 0. The van der Waals surface area contributed by atoms with Crippen LogP contribution in [0.5, 0.6) is 0 Å². The molecule has 1 aliphatic rings. The van der Waals surface area contributed by atoms with E-state index >= 15 is 0 Å². The zero-order valence-corrected chi connectivity index (χ0v) is 18.4. The predicted octanol–water partition coefficient (Wildman–Crippen LogP) is 3.14. The molecule has 0 aliphatic heterocycles. The molecule has 8 heteroatoms. The Morgan fingerprint density at radius 1 is 1.19 bits per heavy atom. The Morgan fingerprint density at radius 2 is 2.00 bits per heavy atom. The van der Waals surface area contributed by atoms with Crippen molar-refractivity contribution in [3.63, 3.8) is 0 Å². The van der Waals surface area contributed by atoms with Gasteiger partial charge in [0.2, 0.25) is 0 Å². The molecule has 2 N–H and O–H groups in total. The molecule has 2 aromatic heterocycles. The number of ether oxygens (including phenoxy) is 1. The maximum absolute atomic E-state index is 6.03. The van der Waals surface area contributed by atoms with E-state index in [1.807, 2.05) is 28.8 Å². The van der Waals surface area contributed by atoms with Gasteiger partial charge in [-0.15, -0.1) is 34.2 Å². The highest BCUT2D eigenvalue weighted by atomic mass is 127. The number of hydrogen-bond donors (Lipinski definition) is 2. The van der Waals surface area contributed by atoms with Crippen molar-refractivity contribution in [2.45, 2.75) is 58.1 Å². The Labute approximate surface area is 178 Å². The van der Waals surface area contributed by atoms with Crippen molar-refractivity contribution >= 4 is 35.6 Å². The first-order chi connectivity index (χ1) is 12.9. The van der Waals surface area contributed by atoms with E-state index in [1.165, 1.54) is 38.5 Å². The van der Waals surface area contributed by atoms with E-state index in [9.17, 15) is 0 Å². The van der Waals surface area contributed by atoms with Gasteiger partial charge < -0.3 is 15.4 Å². The van der Waals surface area contributed by atoms with Crippen LogP contribution in [0.15, 0.2) is 29.4 Å². The topological polar surface area (TPSA) is 75.8 Å². The standard InChI is InChI=1S/C19H30N6O.HI/c1-2-20-19(21-12-14-26-16-9-5-3-4-6-10-16)22-15-18-24-23-17-11-7-8-13-25(17)18;/h7-8,11,13,16H,2-6,9-10,12,14-15H2,1H3,(H2,20,21,22);1H. The van der Waals surface area contributed by atoms with Crippen molar-refractivity contribution in [3.05, 3.63) is 30.2 Å². The van der Waals surface area contributed by atoms with Crippen molar-refractivity contribution in [1.29, 1.82) is 0 Å². The summed E-state index contributed by atoms with van der Waals surface area (Å²) in [4.78, 5) is 4.62. The third-order valence-corrected chi connectivity index (χ3v) is 4.66. The number of aromatic nitrogens is 3. The molecule has 0 unspecified atom stereocenters. The van der Waals surface area contributed by atoms with Crippen LogP contribution in [0.3, 0.4) is 0 Å². The number of pyridine rings is 1. The molecule has 27 heavy (non-hydrogen) atoms. The molecule has 2 aromatic rings. The quantitative estimate of drug-likeness (QED) is 0.207. The minimum Gasteiger partial charge on any atom is -0.376 e. The van der Waals surface area contributed by atoms with Gasteiger partial charge in [0.1, 0.15) is 6.54 Å². The van der Waals surface area contributed by atoms with Crippen LogP contribution in [-0.4, -0.2) is 46.4 Å². The van der Waals surface area contributed by atoms with E-state index in [0.29, 0.717) is 19.3 Å². The maximum atomic E-state index is 6.03. The number of nitrogens with one attached hydrogen (secondary N) is 2. The van der Waals surface area contributed by atoms with E-state index in [-0.39, 0.29) is 24.0 Å². The van der Waals surface area contributed by atoms with Gasteiger partial charge in [-0.1, -0.05) is 31.7 Å². The third-order valence-electron chi connectivity index (χ3n) is 4.66. The second kappa shape index (κ2) is 12.1. The van der Waals surface area contributed by atoms with Crippen LogP contribution < -0.4 is 10.6 Å². The average molecular weight is 486 g/mol. The summed E-state index contributed by atoms with van der Waals surface area (Å²) in [6.45, 7) is 4.82. The highest BCUT2D eigenvalue weighted by Gasteiger charge is 2.12. The number of hydrogen-bond acceptors (Lipinski definition) is 4. The largest absolute Gasteiger partial charge is 0.376 e. The number of nitrogens with zero attached hydrogens (tertiary/aromatic N) is 4. The van der Waals surface area contributed by atoms with Gasteiger partial charge in [0.15, 0.2) is 17.4 Å². The fourth-order valence-electron chi connectivity index (χ4n) is 3.29. The summed E-state index contributed by atoms with van der Waals surface area (Å²) in [5, 5.41) is 15.0. The summed E-state index contributed by atoms with van der Waals surface area (Å²) in [5.74, 6) is 1.61. The Bertz CT molecular complexity index is 696. The normalized spacial score (nSPS) is 16.0. The van der Waals surface area contributed by atoms with Gasteiger partial charge in [-0.2, -0.15) is 0 Å². The molecule has 0 amide bonds. The van der Waals surface area contributed by atoms with Crippen LogP contribution in [0.2, 0.25) is 0 Å². The lowest BCUT2D eigenvalue weighted by Gasteiger charge is -2.16. The number of rotatable bonds is 7. The lowest BCUT2D eigenvalue weighted by atomic mass is 10.1. The number of aliphatic imine (C=N–C) groups is 1. The van der Waals surface area contributed by atoms with Crippen LogP contribution in [0.25, 0.3) is 5.65 Å². The Hall–Kier alpha value is -1.42. The Kier molecular flexibility index (Phi) is 9.82. The van der Waals surface area contributed by atoms with Gasteiger partial charge in [-0.25, -0.2) is 4.99 Å². The van der Waals surface area contributed by atoms with E-state index in [4.69, 9.17) is 4.74 Å². The lowest BCUT2D eigenvalue weighted by molar-refractivity contribution is 0.0468. The zero-order valence-electron chi connectivity index (χ0n) is 16.1. The van der Waals surface area contributed by atoms with Crippen LogP contribution in [0.1, 0.15) is 51.3 Å². The summed E-state index contributed by atoms with van der Waals surface area (Å²) in [5.41, 5.74) is 0.840. The molecule has 1 fully saturated rings. The van der Waals surface area contributed by atoms with E-state index in [0.717, 1.165) is 30.5 Å². The first-order valence-corrected chi connectivity index (χ1v) is 9.79. The van der Waals surface area contributed by atoms with Gasteiger partial charge in [0.05, 0.1) is 12.7 Å². The molecule has 0 bridgehead atoms. The highest BCUT2D eigenvalue weighted by molar-refractivity contribution is 14.0. The SMILES string of the molecule is CCNC(=NCc1nnc2ccccn12)NCCOC1CCCCCC1.I. The molecule has 0 atom stereocenters. The third kappa shape index (κ3) is 6.91. The molecule has 2 heterocycles. The van der Waals surface area contributed by atoms with E-state index in [2.05, 4.69) is 32.7 Å². The Morgan fingerprint density at radius 3 is 2.78 bits per heavy atom. The zero-order chi connectivity index (χ0) is 18.0. The summed E-state index contributed by atoms with van der Waals surface area (Å²) < 4.78 is 7.99. The first kappa shape index (κ1) is 21.9. The van der Waals surface area contributed by atoms with Crippen molar-refractivity contribution in [2.75, 3.05) is 19.7 Å². The van der Waals surface area contributed by atoms with Gasteiger partial charge in [-0.05, 0) is 31.9 Å². The van der Waals surface area contributed by atoms with Crippen molar-refractivity contribution < 1.29 is 4.74 Å². The molecule has 3 rings (SSSR count). The van der Waals surface area contributed by atoms with Gasteiger partial charge in [0, 0.05) is 19.3 Å². The minimum atomic E-state index is 0. The molecule has 0 radical (unpaired) electrons. The highest BCUT2D eigenvalue weighted by Crippen LogP contribution is 2.19. The smallest absolute Gasteiger partial charge is 0.191 e. The lowest BCUT2D eigenvalue weighted by Crippen LogP contribution is -2.39. The maximum Gasteiger partial charge on any atom is 0.191 e. The number of fused-ring (bicyclic) bond motifs is 1. The van der Waals surface area contributed by atoms with Crippen LogP contribution in [0.4, 0.5) is 0 Å². The van der Waals surface area contributed by atoms with Crippen molar-refractivity contribution in [3.8, 4) is 0 Å². The average Bonchev–Trinajstić information content (AvgIpc) is 2.89. The van der Waals surface area contributed by atoms with E-state index in [1.54, 1.807) is 0 Å². The van der Waals surface area contributed by atoms with Crippen LogP contribution in [-0.2, 0) is 11.3 Å². The van der Waals surface area contributed by atoms with Gasteiger partial charge in [-0.3, -0.25) is 4.40 Å². The number of halogens is 1. The monoisotopic (exact) mass is 486 g/mol.